The summed E-state index contributed by atoms with van der Waals surface area (Å²) < 4.78 is 6.95. The van der Waals surface area contributed by atoms with E-state index in [4.69, 9.17) is 10.5 Å². The fraction of sp³-hybridized carbons (Fsp3) is 0.357. The van der Waals surface area contributed by atoms with Gasteiger partial charge in [0.15, 0.2) is 0 Å². The molecule has 0 atom stereocenters. The van der Waals surface area contributed by atoms with E-state index >= 15 is 0 Å². The lowest BCUT2D eigenvalue weighted by Gasteiger charge is -2.10. The molecule has 0 aliphatic heterocycles. The number of amides is 1. The van der Waals surface area contributed by atoms with Crippen molar-refractivity contribution >= 4 is 11.6 Å². The number of anilines is 1. The standard InChI is InChI=1S/C14H19N5O2/c1-2-21-13-6-4-3-5-12(13)16-14(20)10-19-9-11(7-8-15)17-18-19/h3-6,9H,2,7-8,10,15H2,1H3,(H,16,20). The van der Waals surface area contributed by atoms with Crippen molar-refractivity contribution in [1.82, 2.24) is 15.0 Å². The van der Waals surface area contributed by atoms with Crippen LogP contribution in [0.5, 0.6) is 5.75 Å². The lowest BCUT2D eigenvalue weighted by atomic mass is 10.3. The molecule has 0 bridgehead atoms. The quantitative estimate of drug-likeness (QED) is 0.786. The Hall–Kier alpha value is -2.41. The number of hydrogen-bond donors (Lipinski definition) is 2. The number of benzene rings is 1. The number of nitrogens with two attached hydrogens (primary N) is 1. The van der Waals surface area contributed by atoms with E-state index in [2.05, 4.69) is 15.6 Å². The number of carbonyl (C=O) groups excluding carboxylic acids is 1. The van der Waals surface area contributed by atoms with Gasteiger partial charge in [-0.1, -0.05) is 17.3 Å². The largest absolute Gasteiger partial charge is 0.492 e. The first-order valence-corrected chi connectivity index (χ1v) is 6.83. The highest BCUT2D eigenvalue weighted by Crippen LogP contribution is 2.23. The van der Waals surface area contributed by atoms with Crippen LogP contribution in [0, 0.1) is 0 Å². The van der Waals surface area contributed by atoms with Crippen LogP contribution in [0.2, 0.25) is 0 Å². The second kappa shape index (κ2) is 7.39. The zero-order chi connectivity index (χ0) is 15.1. The van der Waals surface area contributed by atoms with Gasteiger partial charge in [0.1, 0.15) is 12.3 Å². The number of hydrogen-bond acceptors (Lipinski definition) is 5. The molecule has 0 unspecified atom stereocenters. The van der Waals surface area contributed by atoms with Crippen LogP contribution < -0.4 is 15.8 Å². The molecule has 1 aromatic heterocycles. The topological polar surface area (TPSA) is 95.1 Å². The van der Waals surface area contributed by atoms with Crippen LogP contribution in [0.4, 0.5) is 5.69 Å². The first kappa shape index (κ1) is 15.0. The van der Waals surface area contributed by atoms with Crippen LogP contribution >= 0.6 is 0 Å². The number of carbonyl (C=O) groups is 1. The predicted octanol–water partition coefficient (Wildman–Crippen LogP) is 0.817. The minimum absolute atomic E-state index is 0.0953. The highest BCUT2D eigenvalue weighted by atomic mass is 16.5. The number of nitrogens with zero attached hydrogens (tertiary/aromatic N) is 3. The summed E-state index contributed by atoms with van der Waals surface area (Å²) in [6.07, 6.45) is 2.37. The number of nitrogens with one attached hydrogen (secondary N) is 1. The van der Waals surface area contributed by atoms with Crippen molar-refractivity contribution in [2.75, 3.05) is 18.5 Å². The Labute approximate surface area is 123 Å². The van der Waals surface area contributed by atoms with E-state index in [0.29, 0.717) is 31.0 Å². The van der Waals surface area contributed by atoms with Gasteiger partial charge in [-0.05, 0) is 25.6 Å². The molecule has 0 fully saturated rings. The van der Waals surface area contributed by atoms with E-state index in [1.54, 1.807) is 12.3 Å². The first-order chi connectivity index (χ1) is 10.2. The van der Waals surface area contributed by atoms with Gasteiger partial charge in [0.05, 0.1) is 18.0 Å². The molecule has 7 heteroatoms. The molecule has 0 aliphatic rings. The Morgan fingerprint density at radius 1 is 1.43 bits per heavy atom. The molecule has 1 amide bonds. The zero-order valence-corrected chi connectivity index (χ0v) is 12.0. The third-order valence-electron chi connectivity index (χ3n) is 2.75. The normalized spacial score (nSPS) is 10.4. The van der Waals surface area contributed by atoms with Gasteiger partial charge < -0.3 is 15.8 Å². The van der Waals surface area contributed by atoms with Crippen LogP contribution in [0.3, 0.4) is 0 Å². The third kappa shape index (κ3) is 4.28. The fourth-order valence-electron chi connectivity index (χ4n) is 1.87. The molecule has 0 spiro atoms. The van der Waals surface area contributed by atoms with Crippen molar-refractivity contribution in [1.29, 1.82) is 0 Å². The van der Waals surface area contributed by atoms with E-state index in [1.165, 1.54) is 4.68 Å². The van der Waals surface area contributed by atoms with E-state index in [1.807, 2.05) is 25.1 Å². The molecule has 112 valence electrons. The van der Waals surface area contributed by atoms with Crippen LogP contribution in [0.15, 0.2) is 30.5 Å². The maximum absolute atomic E-state index is 12.0. The van der Waals surface area contributed by atoms with Crippen LogP contribution in [0.1, 0.15) is 12.6 Å². The van der Waals surface area contributed by atoms with Gasteiger partial charge >= 0.3 is 0 Å². The summed E-state index contributed by atoms with van der Waals surface area (Å²) in [5.41, 5.74) is 6.87. The maximum Gasteiger partial charge on any atom is 0.246 e. The van der Waals surface area contributed by atoms with Crippen molar-refractivity contribution in [3.8, 4) is 5.75 Å². The molecule has 0 radical (unpaired) electrons. The molecule has 7 nitrogen and oxygen atoms in total. The average Bonchev–Trinajstić information content (AvgIpc) is 2.89. The number of aromatic nitrogens is 3. The van der Waals surface area contributed by atoms with Gasteiger partial charge in [0, 0.05) is 12.6 Å². The molecule has 3 N–H and O–H groups in total. The minimum atomic E-state index is -0.189. The lowest BCUT2D eigenvalue weighted by molar-refractivity contribution is -0.116. The van der Waals surface area contributed by atoms with Crippen molar-refractivity contribution in [2.45, 2.75) is 19.9 Å². The van der Waals surface area contributed by atoms with Crippen molar-refractivity contribution in [2.24, 2.45) is 5.73 Å². The van der Waals surface area contributed by atoms with E-state index < -0.39 is 0 Å². The van der Waals surface area contributed by atoms with Gasteiger partial charge in [-0.2, -0.15) is 0 Å². The molecular weight excluding hydrogens is 270 g/mol. The van der Waals surface area contributed by atoms with Crippen molar-refractivity contribution in [3.63, 3.8) is 0 Å². The maximum atomic E-state index is 12.0. The van der Waals surface area contributed by atoms with Gasteiger partial charge in [0.2, 0.25) is 5.91 Å². The van der Waals surface area contributed by atoms with Crippen LogP contribution in [-0.4, -0.2) is 34.1 Å². The molecule has 0 aliphatic carbocycles. The lowest BCUT2D eigenvalue weighted by Crippen LogP contribution is -2.19. The SMILES string of the molecule is CCOc1ccccc1NC(=O)Cn1cc(CCN)nn1. The highest BCUT2D eigenvalue weighted by molar-refractivity contribution is 5.92. The van der Waals surface area contributed by atoms with Crippen molar-refractivity contribution in [3.05, 3.63) is 36.2 Å². The van der Waals surface area contributed by atoms with E-state index in [9.17, 15) is 4.79 Å². The molecule has 0 saturated carbocycles. The average molecular weight is 289 g/mol. The van der Waals surface area contributed by atoms with Gasteiger partial charge in [-0.15, -0.1) is 5.10 Å². The van der Waals surface area contributed by atoms with Crippen LogP contribution in [0.25, 0.3) is 0 Å². The summed E-state index contributed by atoms with van der Waals surface area (Å²) in [4.78, 5) is 12.0. The zero-order valence-electron chi connectivity index (χ0n) is 12.0. The fourth-order valence-corrected chi connectivity index (χ4v) is 1.87. The Kier molecular flexibility index (Phi) is 5.28. The Bertz CT molecular complexity index is 597. The minimum Gasteiger partial charge on any atom is -0.492 e. The summed E-state index contributed by atoms with van der Waals surface area (Å²) in [5.74, 6) is 0.460. The van der Waals surface area contributed by atoms with Gasteiger partial charge in [-0.25, -0.2) is 4.68 Å². The van der Waals surface area contributed by atoms with E-state index in [-0.39, 0.29) is 12.5 Å². The summed E-state index contributed by atoms with van der Waals surface area (Å²) in [5, 5.41) is 10.6. The molecule has 1 heterocycles. The smallest absolute Gasteiger partial charge is 0.246 e. The second-order valence-electron chi connectivity index (χ2n) is 4.42. The second-order valence-corrected chi connectivity index (χ2v) is 4.42. The van der Waals surface area contributed by atoms with Gasteiger partial charge in [0.25, 0.3) is 0 Å². The number of para-hydroxylation sites is 2. The Balaban J connectivity index is 1.97. The molecule has 2 aromatic rings. The van der Waals surface area contributed by atoms with Gasteiger partial charge in [-0.3, -0.25) is 4.79 Å². The molecule has 2 rings (SSSR count). The molecular formula is C14H19N5O2. The third-order valence-corrected chi connectivity index (χ3v) is 2.75. The van der Waals surface area contributed by atoms with Crippen LogP contribution in [-0.2, 0) is 17.8 Å². The van der Waals surface area contributed by atoms with Crippen molar-refractivity contribution < 1.29 is 9.53 Å². The summed E-state index contributed by atoms with van der Waals surface area (Å²) in [7, 11) is 0. The predicted molar refractivity (Wildman–Crippen MR) is 79.0 cm³/mol. The summed E-state index contributed by atoms with van der Waals surface area (Å²) >= 11 is 0. The first-order valence-electron chi connectivity index (χ1n) is 6.83. The number of ether oxygens (including phenoxy) is 1. The molecule has 0 saturated heterocycles. The Morgan fingerprint density at radius 3 is 3.00 bits per heavy atom. The summed E-state index contributed by atoms with van der Waals surface area (Å²) in [6, 6.07) is 7.31. The molecule has 21 heavy (non-hydrogen) atoms. The summed E-state index contributed by atoms with van der Waals surface area (Å²) in [6.45, 7) is 3.04. The highest BCUT2D eigenvalue weighted by Gasteiger charge is 2.09. The van der Waals surface area contributed by atoms with E-state index in [0.717, 1.165) is 5.69 Å². The monoisotopic (exact) mass is 289 g/mol. The number of rotatable bonds is 7. The molecule has 1 aromatic carbocycles. The Morgan fingerprint density at radius 2 is 2.24 bits per heavy atom.